The number of H-pyrrole nitrogens is 1. The molecular formula is C27H40N4O3. The van der Waals surface area contributed by atoms with Crippen LogP contribution < -0.4 is 5.32 Å². The van der Waals surface area contributed by atoms with Gasteiger partial charge in [0.05, 0.1) is 17.4 Å². The molecule has 2 N–H and O–H groups in total. The van der Waals surface area contributed by atoms with Crippen molar-refractivity contribution in [3.8, 4) is 0 Å². The van der Waals surface area contributed by atoms with Gasteiger partial charge in [-0.05, 0) is 51.9 Å². The van der Waals surface area contributed by atoms with E-state index in [1.165, 1.54) is 0 Å². The second-order valence-electron chi connectivity index (χ2n) is 10.1. The van der Waals surface area contributed by atoms with Crippen molar-refractivity contribution in [2.75, 3.05) is 26.2 Å². The zero-order valence-corrected chi connectivity index (χ0v) is 21.7. The standard InChI is InChI=1S/C27H40N4O3/c1-8-30(9-2)15-14-19(5)28-26(33)31-16-21(25(32)34-18(3)4)24-23(27(6,7)17-31)20-12-10-11-13-22(20)29-24/h10-13,16,18-19,29H,8-9,14-15,17H2,1-7H3,(H,28,33). The van der Waals surface area contributed by atoms with Crippen molar-refractivity contribution < 1.29 is 14.3 Å². The lowest BCUT2D eigenvalue weighted by molar-refractivity contribution is -0.140. The SMILES string of the molecule is CCN(CC)CCC(C)NC(=O)N1C=C(C(=O)OC(C)C)c2[nH]c3ccccc3c2C(C)(C)C1. The normalized spacial score (nSPS) is 16.3. The lowest BCUT2D eigenvalue weighted by atomic mass is 9.82. The number of carbonyl (C=O) groups is 2. The predicted octanol–water partition coefficient (Wildman–Crippen LogP) is 4.88. The molecule has 1 aromatic carbocycles. The number of urea groups is 1. The number of fused-ring (bicyclic) bond motifs is 3. The highest BCUT2D eigenvalue weighted by molar-refractivity contribution is 6.18. The fourth-order valence-corrected chi connectivity index (χ4v) is 4.66. The van der Waals surface area contributed by atoms with Crippen LogP contribution in [-0.4, -0.2) is 65.1 Å². The molecule has 0 saturated heterocycles. The van der Waals surface area contributed by atoms with Gasteiger partial charge in [0.25, 0.3) is 0 Å². The van der Waals surface area contributed by atoms with Crippen molar-refractivity contribution in [1.82, 2.24) is 20.1 Å². The molecule has 0 radical (unpaired) electrons. The molecule has 0 aliphatic carbocycles. The van der Waals surface area contributed by atoms with E-state index < -0.39 is 11.4 Å². The number of aromatic nitrogens is 1. The summed E-state index contributed by atoms with van der Waals surface area (Å²) in [5.74, 6) is -0.437. The predicted molar refractivity (Wildman–Crippen MR) is 138 cm³/mol. The number of hydrogen-bond donors (Lipinski definition) is 2. The fraction of sp³-hybridized carbons (Fsp3) is 0.556. The highest BCUT2D eigenvalue weighted by Crippen LogP contribution is 2.40. The van der Waals surface area contributed by atoms with E-state index in [9.17, 15) is 9.59 Å². The molecule has 2 heterocycles. The van der Waals surface area contributed by atoms with Crippen molar-refractivity contribution >= 4 is 28.5 Å². The quantitative estimate of drug-likeness (QED) is 0.541. The number of hydrogen-bond acceptors (Lipinski definition) is 4. The third-order valence-electron chi connectivity index (χ3n) is 6.47. The first-order valence-electron chi connectivity index (χ1n) is 12.4. The van der Waals surface area contributed by atoms with E-state index in [2.05, 4.69) is 49.0 Å². The molecule has 34 heavy (non-hydrogen) atoms. The minimum absolute atomic E-state index is 0.0117. The molecule has 1 aliphatic rings. The topological polar surface area (TPSA) is 77.7 Å². The lowest BCUT2D eigenvalue weighted by Gasteiger charge is -2.30. The maximum atomic E-state index is 13.4. The van der Waals surface area contributed by atoms with Crippen LogP contribution in [-0.2, 0) is 14.9 Å². The van der Waals surface area contributed by atoms with Crippen LogP contribution in [0.25, 0.3) is 16.5 Å². The van der Waals surface area contributed by atoms with Gasteiger partial charge in [-0.15, -0.1) is 0 Å². The molecule has 3 rings (SSSR count). The second kappa shape index (κ2) is 10.6. The molecule has 1 unspecified atom stereocenters. The van der Waals surface area contributed by atoms with Crippen molar-refractivity contribution in [2.24, 2.45) is 0 Å². The Morgan fingerprint density at radius 2 is 1.85 bits per heavy atom. The number of rotatable bonds is 8. The number of ether oxygens (including phenoxy) is 1. The molecule has 2 amide bonds. The molecule has 1 atom stereocenters. The second-order valence-corrected chi connectivity index (χ2v) is 10.1. The van der Waals surface area contributed by atoms with Crippen LogP contribution in [0.4, 0.5) is 4.79 Å². The highest BCUT2D eigenvalue weighted by Gasteiger charge is 2.37. The molecule has 7 heteroatoms. The summed E-state index contributed by atoms with van der Waals surface area (Å²) in [4.78, 5) is 33.9. The van der Waals surface area contributed by atoms with E-state index in [1.807, 2.05) is 39.0 Å². The number of para-hydroxylation sites is 1. The molecule has 2 aromatic rings. The van der Waals surface area contributed by atoms with Gasteiger partial charge in [0, 0.05) is 41.6 Å². The van der Waals surface area contributed by atoms with Crippen molar-refractivity contribution in [3.05, 3.63) is 41.7 Å². The van der Waals surface area contributed by atoms with E-state index in [1.54, 1.807) is 11.1 Å². The van der Waals surface area contributed by atoms with Crippen LogP contribution in [0.1, 0.15) is 66.1 Å². The maximum Gasteiger partial charge on any atom is 0.342 e. The zero-order valence-electron chi connectivity index (χ0n) is 21.7. The molecule has 0 fully saturated rings. The number of nitrogens with zero attached hydrogens (tertiary/aromatic N) is 2. The smallest absolute Gasteiger partial charge is 0.342 e. The molecule has 1 aromatic heterocycles. The van der Waals surface area contributed by atoms with E-state index in [-0.39, 0.29) is 18.2 Å². The minimum atomic E-state index is -0.437. The Hall–Kier alpha value is -2.80. The van der Waals surface area contributed by atoms with Crippen molar-refractivity contribution in [2.45, 2.75) is 72.4 Å². The van der Waals surface area contributed by atoms with Gasteiger partial charge in [-0.3, -0.25) is 4.90 Å². The first-order valence-corrected chi connectivity index (χ1v) is 12.4. The Balaban J connectivity index is 1.94. The maximum absolute atomic E-state index is 13.4. The molecule has 0 saturated carbocycles. The Bertz CT molecular complexity index is 1050. The van der Waals surface area contributed by atoms with Crippen LogP contribution in [0.15, 0.2) is 30.5 Å². The summed E-state index contributed by atoms with van der Waals surface area (Å²) in [6.45, 7) is 17.5. The van der Waals surface area contributed by atoms with Gasteiger partial charge >= 0.3 is 12.0 Å². The number of esters is 1. The first-order chi connectivity index (χ1) is 16.1. The first kappa shape index (κ1) is 25.8. The Morgan fingerprint density at radius 1 is 1.18 bits per heavy atom. The van der Waals surface area contributed by atoms with Crippen LogP contribution in [0.2, 0.25) is 0 Å². The third kappa shape index (κ3) is 5.63. The monoisotopic (exact) mass is 468 g/mol. The summed E-state index contributed by atoms with van der Waals surface area (Å²) in [6.07, 6.45) is 2.25. The van der Waals surface area contributed by atoms with Gasteiger partial charge < -0.3 is 19.9 Å². The number of aromatic amines is 1. The number of benzene rings is 1. The van der Waals surface area contributed by atoms with Gasteiger partial charge in [0.1, 0.15) is 0 Å². The van der Waals surface area contributed by atoms with Gasteiger partial charge in [-0.1, -0.05) is 45.9 Å². The van der Waals surface area contributed by atoms with E-state index in [0.29, 0.717) is 12.1 Å². The average Bonchev–Trinajstić information content (AvgIpc) is 3.11. The summed E-state index contributed by atoms with van der Waals surface area (Å²) in [5, 5.41) is 4.18. The van der Waals surface area contributed by atoms with Crippen molar-refractivity contribution in [3.63, 3.8) is 0 Å². The lowest BCUT2D eigenvalue weighted by Crippen LogP contribution is -2.46. The fourth-order valence-electron chi connectivity index (χ4n) is 4.66. The Morgan fingerprint density at radius 3 is 2.50 bits per heavy atom. The van der Waals surface area contributed by atoms with Crippen molar-refractivity contribution in [1.29, 1.82) is 0 Å². The van der Waals surface area contributed by atoms with Gasteiger partial charge in [-0.25, -0.2) is 9.59 Å². The highest BCUT2D eigenvalue weighted by atomic mass is 16.5. The average molecular weight is 469 g/mol. The Labute approximate surface area is 203 Å². The summed E-state index contributed by atoms with van der Waals surface area (Å²) in [7, 11) is 0. The van der Waals surface area contributed by atoms with Gasteiger partial charge in [0.2, 0.25) is 0 Å². The number of amides is 2. The number of nitrogens with one attached hydrogen (secondary N) is 2. The van der Waals surface area contributed by atoms with E-state index in [4.69, 9.17) is 4.74 Å². The van der Waals surface area contributed by atoms with Crippen LogP contribution >= 0.6 is 0 Å². The largest absolute Gasteiger partial charge is 0.459 e. The molecular weight excluding hydrogens is 428 g/mol. The Kier molecular flexibility index (Phi) is 8.08. The minimum Gasteiger partial charge on any atom is -0.459 e. The van der Waals surface area contributed by atoms with Gasteiger partial charge in [0.15, 0.2) is 0 Å². The summed E-state index contributed by atoms with van der Waals surface area (Å²) in [6, 6.07) is 7.84. The van der Waals surface area contributed by atoms with Crippen LogP contribution in [0.5, 0.6) is 0 Å². The van der Waals surface area contributed by atoms with E-state index in [0.717, 1.165) is 48.2 Å². The molecule has 186 valence electrons. The molecule has 0 bridgehead atoms. The van der Waals surface area contributed by atoms with E-state index >= 15 is 0 Å². The van der Waals surface area contributed by atoms with Crippen LogP contribution in [0.3, 0.4) is 0 Å². The zero-order chi connectivity index (χ0) is 25.0. The molecule has 0 spiro atoms. The number of carbonyl (C=O) groups excluding carboxylic acids is 2. The summed E-state index contributed by atoms with van der Waals surface area (Å²) in [5.41, 5.74) is 2.69. The third-order valence-corrected chi connectivity index (χ3v) is 6.47. The molecule has 1 aliphatic heterocycles. The summed E-state index contributed by atoms with van der Waals surface area (Å²) < 4.78 is 5.57. The summed E-state index contributed by atoms with van der Waals surface area (Å²) >= 11 is 0. The molecule has 7 nitrogen and oxygen atoms in total. The van der Waals surface area contributed by atoms with Gasteiger partial charge in [-0.2, -0.15) is 0 Å². The van der Waals surface area contributed by atoms with Crippen LogP contribution in [0, 0.1) is 0 Å².